The second-order valence-electron chi connectivity index (χ2n) is 7.36. The molecule has 0 radical (unpaired) electrons. The fraction of sp³-hybridized carbons (Fsp3) is 0.0909. The first-order chi connectivity index (χ1) is 17.1. The van der Waals surface area contributed by atoms with Crippen LogP contribution in [-0.2, 0) is 0 Å². The number of thiocarbonyl (C=S) groups is 2. The Morgan fingerprint density at radius 2 is 1.03 bits per heavy atom. The van der Waals surface area contributed by atoms with Crippen LogP contribution < -0.4 is 0 Å². The van der Waals surface area contributed by atoms with Gasteiger partial charge in [0.2, 0.25) is 0 Å². The van der Waals surface area contributed by atoms with E-state index in [2.05, 4.69) is 0 Å². The van der Waals surface area contributed by atoms with Gasteiger partial charge in [-0.05, 0) is 71.1 Å². The Labute approximate surface area is 223 Å². The first-order valence-corrected chi connectivity index (χ1v) is 12.6. The molecule has 2 aromatic carbocycles. The molecule has 0 atom stereocenters. The van der Waals surface area contributed by atoms with E-state index in [-0.39, 0.29) is 34.9 Å². The van der Waals surface area contributed by atoms with Crippen molar-refractivity contribution in [2.24, 2.45) is 0 Å². The van der Waals surface area contributed by atoms with Gasteiger partial charge in [-0.1, -0.05) is 24.4 Å². The van der Waals surface area contributed by atoms with Crippen molar-refractivity contribution in [1.29, 1.82) is 0 Å². The summed E-state index contributed by atoms with van der Waals surface area (Å²) in [5.74, 6) is 0. The fourth-order valence-electron chi connectivity index (χ4n) is 3.27. The Morgan fingerprint density at radius 1 is 0.694 bits per heavy atom. The number of amides is 2. The first kappa shape index (κ1) is 25.6. The normalized spacial score (nSPS) is 18.1. The third-order valence-electron chi connectivity index (χ3n) is 5.10. The molecule has 182 valence electrons. The standard InChI is InChI=1S/C22H14N4O6S4/c27-21-23(19(33)17(35-21)11-13-1-5-15(6-2-13)25(29)30)9-10-24-20(34)18(36-22(24)28)12-14-3-7-16(8-4-14)26(31)32/h1-8,11-12H,9-10H2/b17-11-,18-12-. The number of carbonyl (C=O) groups excluding carboxylic acids is 2. The summed E-state index contributed by atoms with van der Waals surface area (Å²) in [5.41, 5.74) is 1.24. The zero-order valence-electron chi connectivity index (χ0n) is 18.1. The van der Waals surface area contributed by atoms with Crippen LogP contribution in [0.5, 0.6) is 0 Å². The third kappa shape index (κ3) is 5.51. The average molecular weight is 559 g/mol. The zero-order valence-corrected chi connectivity index (χ0v) is 21.3. The van der Waals surface area contributed by atoms with Crippen molar-refractivity contribution in [3.05, 3.63) is 89.7 Å². The quantitative estimate of drug-likeness (QED) is 0.176. The molecule has 2 amide bonds. The largest absolute Gasteiger partial charge is 0.291 e. The average Bonchev–Trinajstić information content (AvgIpc) is 3.26. The van der Waals surface area contributed by atoms with E-state index in [1.54, 1.807) is 36.4 Å². The van der Waals surface area contributed by atoms with Gasteiger partial charge in [0.1, 0.15) is 9.98 Å². The molecule has 0 aliphatic carbocycles. The number of rotatable bonds is 7. The molecule has 10 nitrogen and oxygen atoms in total. The van der Waals surface area contributed by atoms with Gasteiger partial charge >= 0.3 is 0 Å². The van der Waals surface area contributed by atoms with Gasteiger partial charge in [-0.15, -0.1) is 0 Å². The number of benzene rings is 2. The molecule has 0 aromatic heterocycles. The number of hydrogen-bond acceptors (Lipinski definition) is 10. The summed E-state index contributed by atoms with van der Waals surface area (Å²) >= 11 is 12.8. The van der Waals surface area contributed by atoms with E-state index in [9.17, 15) is 29.8 Å². The van der Waals surface area contributed by atoms with Crippen LogP contribution in [0.25, 0.3) is 12.2 Å². The molecule has 2 aromatic rings. The molecule has 0 bridgehead atoms. The van der Waals surface area contributed by atoms with Crippen LogP contribution in [-0.4, -0.2) is 53.2 Å². The Kier molecular flexibility index (Phi) is 7.59. The van der Waals surface area contributed by atoms with Crippen LogP contribution in [0.2, 0.25) is 0 Å². The SMILES string of the molecule is O=C1S/C(=C\c2ccc([N+](=O)[O-])cc2)C(=S)N1CCN1C(=O)S/C(=C\c2ccc([N+](=O)[O-])cc2)C1=S. The number of nitrogens with zero attached hydrogens (tertiary/aromatic N) is 4. The van der Waals surface area contributed by atoms with Crippen molar-refractivity contribution in [1.82, 2.24) is 9.80 Å². The highest BCUT2D eigenvalue weighted by Crippen LogP contribution is 2.36. The summed E-state index contributed by atoms with van der Waals surface area (Å²) < 4.78 is 0. The predicted octanol–water partition coefficient (Wildman–Crippen LogP) is 5.88. The lowest BCUT2D eigenvalue weighted by Gasteiger charge is -2.20. The molecule has 2 heterocycles. The number of hydrogen-bond donors (Lipinski definition) is 0. The minimum atomic E-state index is -0.494. The highest BCUT2D eigenvalue weighted by Gasteiger charge is 2.35. The van der Waals surface area contributed by atoms with E-state index in [1.807, 2.05) is 0 Å². The molecule has 2 aliphatic rings. The van der Waals surface area contributed by atoms with E-state index in [0.29, 0.717) is 30.9 Å². The first-order valence-electron chi connectivity index (χ1n) is 10.1. The monoisotopic (exact) mass is 558 g/mol. The van der Waals surface area contributed by atoms with Gasteiger partial charge < -0.3 is 0 Å². The summed E-state index contributed by atoms with van der Waals surface area (Å²) in [6.45, 7) is 0.277. The van der Waals surface area contributed by atoms with E-state index >= 15 is 0 Å². The molecule has 0 spiro atoms. The maximum Gasteiger partial charge on any atom is 0.291 e. The van der Waals surface area contributed by atoms with Crippen LogP contribution in [0.3, 0.4) is 0 Å². The van der Waals surface area contributed by atoms with E-state index < -0.39 is 9.85 Å². The second-order valence-corrected chi connectivity index (χ2v) is 10.1. The molecular weight excluding hydrogens is 545 g/mol. The van der Waals surface area contributed by atoms with Crippen LogP contribution in [0.1, 0.15) is 11.1 Å². The van der Waals surface area contributed by atoms with Crippen molar-refractivity contribution in [3.8, 4) is 0 Å². The third-order valence-corrected chi connectivity index (χ3v) is 8.09. The number of nitro groups is 2. The topological polar surface area (TPSA) is 127 Å². The molecular formula is C22H14N4O6S4. The van der Waals surface area contributed by atoms with Gasteiger partial charge in [0.15, 0.2) is 0 Å². The van der Waals surface area contributed by atoms with Crippen LogP contribution in [0, 0.1) is 20.2 Å². The summed E-state index contributed by atoms with van der Waals surface area (Å²) in [6.07, 6.45) is 3.36. The lowest BCUT2D eigenvalue weighted by Crippen LogP contribution is -2.38. The number of non-ortho nitro benzene ring substituents is 2. The minimum Gasteiger partial charge on any atom is -0.291 e. The maximum atomic E-state index is 12.5. The predicted molar refractivity (Wildman–Crippen MR) is 147 cm³/mol. The lowest BCUT2D eigenvalue weighted by molar-refractivity contribution is -0.385. The second kappa shape index (κ2) is 10.7. The molecule has 2 fully saturated rings. The molecule has 0 unspecified atom stereocenters. The van der Waals surface area contributed by atoms with Crippen LogP contribution >= 0.6 is 48.0 Å². The van der Waals surface area contributed by atoms with E-state index in [4.69, 9.17) is 24.4 Å². The summed E-state index contributed by atoms with van der Waals surface area (Å²) in [7, 11) is 0. The van der Waals surface area contributed by atoms with Gasteiger partial charge in [0.25, 0.3) is 21.9 Å². The molecule has 2 aliphatic heterocycles. The van der Waals surface area contributed by atoms with Crippen molar-refractivity contribution >= 4 is 91.9 Å². The fourth-order valence-corrected chi connectivity index (χ4v) is 5.85. The molecule has 4 rings (SSSR count). The van der Waals surface area contributed by atoms with E-state index in [1.165, 1.54) is 34.1 Å². The van der Waals surface area contributed by atoms with Crippen molar-refractivity contribution in [3.63, 3.8) is 0 Å². The minimum absolute atomic E-state index is 0.0392. The van der Waals surface area contributed by atoms with Gasteiger partial charge in [0, 0.05) is 37.4 Å². The lowest BCUT2D eigenvalue weighted by atomic mass is 10.2. The Hall–Kier alpha value is -3.46. The number of nitro benzene ring substituents is 2. The van der Waals surface area contributed by atoms with Crippen LogP contribution in [0.4, 0.5) is 21.0 Å². The molecule has 36 heavy (non-hydrogen) atoms. The zero-order chi connectivity index (χ0) is 26.0. The maximum absolute atomic E-state index is 12.5. The van der Waals surface area contributed by atoms with Gasteiger partial charge in [-0.2, -0.15) is 0 Å². The van der Waals surface area contributed by atoms with Gasteiger partial charge in [0.05, 0.1) is 19.7 Å². The van der Waals surface area contributed by atoms with Crippen molar-refractivity contribution in [2.75, 3.05) is 13.1 Å². The number of thioether (sulfide) groups is 2. The van der Waals surface area contributed by atoms with Gasteiger partial charge in [-0.25, -0.2) is 0 Å². The summed E-state index contributed by atoms with van der Waals surface area (Å²) in [4.78, 5) is 50.2. The number of carbonyl (C=O) groups is 2. The van der Waals surface area contributed by atoms with E-state index in [0.717, 1.165) is 23.5 Å². The highest BCUT2D eigenvalue weighted by atomic mass is 32.2. The Balaban J connectivity index is 1.41. The molecule has 2 saturated heterocycles. The molecule has 14 heteroatoms. The molecule has 0 N–H and O–H groups in total. The smallest absolute Gasteiger partial charge is 0.291 e. The Bertz CT molecular complexity index is 1270. The summed E-state index contributed by atoms with van der Waals surface area (Å²) in [6, 6.07) is 11.7. The molecule has 0 saturated carbocycles. The van der Waals surface area contributed by atoms with Gasteiger partial charge in [-0.3, -0.25) is 39.6 Å². The van der Waals surface area contributed by atoms with Crippen molar-refractivity contribution < 1.29 is 19.4 Å². The van der Waals surface area contributed by atoms with Crippen molar-refractivity contribution in [2.45, 2.75) is 0 Å². The summed E-state index contributed by atoms with van der Waals surface area (Å²) in [5, 5.41) is 21.1. The highest BCUT2D eigenvalue weighted by molar-refractivity contribution is 8.19. The van der Waals surface area contributed by atoms with Crippen LogP contribution in [0.15, 0.2) is 58.3 Å². The Morgan fingerprint density at radius 3 is 1.33 bits per heavy atom.